The van der Waals surface area contributed by atoms with E-state index < -0.39 is 0 Å². The maximum absolute atomic E-state index is 13.0. The van der Waals surface area contributed by atoms with Gasteiger partial charge in [0.25, 0.3) is 11.8 Å². The molecular formula is C23H26N2O3. The molecule has 2 aromatic rings. The van der Waals surface area contributed by atoms with Gasteiger partial charge in [0.15, 0.2) is 0 Å². The molecule has 1 heterocycles. The highest BCUT2D eigenvalue weighted by Crippen LogP contribution is 2.30. The lowest BCUT2D eigenvalue weighted by atomic mass is 10.0. The molecule has 0 saturated carbocycles. The Morgan fingerprint density at radius 2 is 1.64 bits per heavy atom. The lowest BCUT2D eigenvalue weighted by Crippen LogP contribution is -2.35. The molecule has 3 rings (SSSR count). The summed E-state index contributed by atoms with van der Waals surface area (Å²) in [6, 6.07) is 17.2. The van der Waals surface area contributed by atoms with Gasteiger partial charge in [-0.05, 0) is 43.5 Å². The monoisotopic (exact) mass is 378 g/mol. The lowest BCUT2D eigenvalue weighted by molar-refractivity contribution is -0.137. The number of anilines is 1. The zero-order valence-electron chi connectivity index (χ0n) is 16.6. The highest BCUT2D eigenvalue weighted by molar-refractivity contribution is 6.36. The summed E-state index contributed by atoms with van der Waals surface area (Å²) in [5.41, 5.74) is 3.42. The van der Waals surface area contributed by atoms with Crippen LogP contribution < -0.4 is 5.32 Å². The topological polar surface area (TPSA) is 58.6 Å². The van der Waals surface area contributed by atoms with Crippen molar-refractivity contribution < 1.29 is 14.3 Å². The van der Waals surface area contributed by atoms with E-state index in [1.807, 2.05) is 68.4 Å². The van der Waals surface area contributed by atoms with Crippen LogP contribution in [0.1, 0.15) is 31.9 Å². The third kappa shape index (κ3) is 4.31. The van der Waals surface area contributed by atoms with E-state index in [9.17, 15) is 9.59 Å². The van der Waals surface area contributed by atoms with E-state index in [0.717, 1.165) is 17.7 Å². The van der Waals surface area contributed by atoms with Gasteiger partial charge in [-0.3, -0.25) is 14.5 Å². The number of imide groups is 1. The Morgan fingerprint density at radius 1 is 0.964 bits per heavy atom. The summed E-state index contributed by atoms with van der Waals surface area (Å²) in [5.74, 6) is -0.619. The summed E-state index contributed by atoms with van der Waals surface area (Å²) in [6.45, 7) is 6.49. The number of nitrogens with zero attached hydrogens (tertiary/aromatic N) is 1. The molecule has 28 heavy (non-hydrogen) atoms. The maximum atomic E-state index is 13.0. The number of carbonyl (C=O) groups excluding carboxylic acids is 2. The minimum Gasteiger partial charge on any atom is -0.377 e. The molecule has 1 N–H and O–H groups in total. The van der Waals surface area contributed by atoms with Gasteiger partial charge >= 0.3 is 0 Å². The molecule has 0 radical (unpaired) electrons. The van der Waals surface area contributed by atoms with Crippen LogP contribution in [0.4, 0.5) is 5.69 Å². The van der Waals surface area contributed by atoms with E-state index in [1.54, 1.807) is 0 Å². The number of benzene rings is 2. The number of hydrogen-bond acceptors (Lipinski definition) is 4. The van der Waals surface area contributed by atoms with E-state index in [1.165, 1.54) is 10.5 Å². The van der Waals surface area contributed by atoms with Gasteiger partial charge in [0.05, 0.1) is 24.8 Å². The van der Waals surface area contributed by atoms with Crippen LogP contribution in [0.15, 0.2) is 60.3 Å². The van der Waals surface area contributed by atoms with Gasteiger partial charge in [0, 0.05) is 5.69 Å². The Labute approximate surface area is 166 Å². The molecule has 0 unspecified atom stereocenters. The van der Waals surface area contributed by atoms with Crippen LogP contribution in [0, 0.1) is 0 Å². The summed E-state index contributed by atoms with van der Waals surface area (Å²) in [7, 11) is 0. The molecular weight excluding hydrogens is 352 g/mol. The summed E-state index contributed by atoms with van der Waals surface area (Å²) in [4.78, 5) is 27.3. The Hall–Kier alpha value is -2.92. The van der Waals surface area contributed by atoms with Gasteiger partial charge in [-0.25, -0.2) is 0 Å². The first-order valence-electron chi connectivity index (χ1n) is 9.64. The van der Waals surface area contributed by atoms with E-state index in [4.69, 9.17) is 4.74 Å². The van der Waals surface area contributed by atoms with Crippen LogP contribution in [-0.4, -0.2) is 36.0 Å². The Balaban J connectivity index is 1.91. The van der Waals surface area contributed by atoms with Crippen LogP contribution in [-0.2, 0) is 20.7 Å². The second kappa shape index (κ2) is 8.85. The number of aryl methyl sites for hydroxylation is 1. The van der Waals surface area contributed by atoms with E-state index in [2.05, 4.69) is 12.2 Å². The molecule has 2 aromatic carbocycles. The summed E-state index contributed by atoms with van der Waals surface area (Å²) in [5, 5.41) is 3.18. The summed E-state index contributed by atoms with van der Waals surface area (Å²) >= 11 is 0. The number of nitrogens with one attached hydrogen (secondary N) is 1. The molecule has 0 atom stereocenters. The van der Waals surface area contributed by atoms with Gasteiger partial charge in [0.1, 0.15) is 5.70 Å². The Morgan fingerprint density at radius 3 is 2.25 bits per heavy atom. The Bertz CT molecular complexity index is 870. The fourth-order valence-electron chi connectivity index (χ4n) is 3.12. The zero-order chi connectivity index (χ0) is 20.1. The number of carbonyl (C=O) groups is 2. The highest BCUT2D eigenvalue weighted by atomic mass is 16.5. The number of rotatable bonds is 8. The van der Waals surface area contributed by atoms with Gasteiger partial charge in [-0.15, -0.1) is 0 Å². The zero-order valence-corrected chi connectivity index (χ0v) is 16.6. The maximum Gasteiger partial charge on any atom is 0.278 e. The first-order valence-corrected chi connectivity index (χ1v) is 9.64. The SMILES string of the molecule is CCc1ccc(NC2=C(c3ccccc3)C(=O)N(CCOC(C)C)C2=O)cc1. The summed E-state index contributed by atoms with van der Waals surface area (Å²) in [6.07, 6.45) is 0.989. The van der Waals surface area contributed by atoms with Gasteiger partial charge in [-0.2, -0.15) is 0 Å². The summed E-state index contributed by atoms with van der Waals surface area (Å²) < 4.78 is 5.54. The molecule has 146 valence electrons. The van der Waals surface area contributed by atoms with E-state index in [-0.39, 0.29) is 24.5 Å². The third-order valence-electron chi connectivity index (χ3n) is 4.63. The molecule has 5 heteroatoms. The molecule has 0 bridgehead atoms. The van der Waals surface area contributed by atoms with Crippen molar-refractivity contribution in [2.75, 3.05) is 18.5 Å². The van der Waals surface area contributed by atoms with Gasteiger partial charge < -0.3 is 10.1 Å². The Kier molecular flexibility index (Phi) is 6.26. The van der Waals surface area contributed by atoms with Crippen molar-refractivity contribution in [3.05, 3.63) is 71.4 Å². The predicted molar refractivity (Wildman–Crippen MR) is 111 cm³/mol. The normalized spacial score (nSPS) is 14.4. The molecule has 0 spiro atoms. The second-order valence-corrected chi connectivity index (χ2v) is 6.97. The smallest absolute Gasteiger partial charge is 0.278 e. The number of hydrogen-bond donors (Lipinski definition) is 1. The van der Waals surface area contributed by atoms with E-state index in [0.29, 0.717) is 17.9 Å². The number of ether oxygens (including phenoxy) is 1. The molecule has 0 fully saturated rings. The number of amides is 2. The second-order valence-electron chi connectivity index (χ2n) is 6.97. The van der Waals surface area contributed by atoms with Crippen molar-refractivity contribution in [3.8, 4) is 0 Å². The fraction of sp³-hybridized carbons (Fsp3) is 0.304. The van der Waals surface area contributed by atoms with Crippen molar-refractivity contribution >= 4 is 23.1 Å². The van der Waals surface area contributed by atoms with Crippen molar-refractivity contribution in [3.63, 3.8) is 0 Å². The van der Waals surface area contributed by atoms with Crippen LogP contribution in [0.3, 0.4) is 0 Å². The van der Waals surface area contributed by atoms with Crippen molar-refractivity contribution in [2.45, 2.75) is 33.3 Å². The van der Waals surface area contributed by atoms with Crippen LogP contribution >= 0.6 is 0 Å². The molecule has 0 saturated heterocycles. The first-order chi connectivity index (χ1) is 13.5. The van der Waals surface area contributed by atoms with Crippen molar-refractivity contribution in [2.24, 2.45) is 0 Å². The van der Waals surface area contributed by atoms with Crippen LogP contribution in [0.2, 0.25) is 0 Å². The minimum atomic E-state index is -0.323. The van der Waals surface area contributed by atoms with Crippen molar-refractivity contribution in [1.82, 2.24) is 4.90 Å². The largest absolute Gasteiger partial charge is 0.377 e. The third-order valence-corrected chi connectivity index (χ3v) is 4.63. The molecule has 2 amide bonds. The van der Waals surface area contributed by atoms with Crippen molar-refractivity contribution in [1.29, 1.82) is 0 Å². The highest BCUT2D eigenvalue weighted by Gasteiger charge is 2.38. The fourth-order valence-corrected chi connectivity index (χ4v) is 3.12. The first kappa shape index (κ1) is 19.8. The minimum absolute atomic E-state index is 0.0454. The molecule has 0 aromatic heterocycles. The molecule has 5 nitrogen and oxygen atoms in total. The average Bonchev–Trinajstić information content (AvgIpc) is 2.93. The van der Waals surface area contributed by atoms with Gasteiger partial charge in [-0.1, -0.05) is 49.4 Å². The average molecular weight is 378 g/mol. The van der Waals surface area contributed by atoms with Crippen LogP contribution in [0.5, 0.6) is 0 Å². The quantitative estimate of drug-likeness (QED) is 0.709. The predicted octanol–water partition coefficient (Wildman–Crippen LogP) is 3.87. The van der Waals surface area contributed by atoms with Crippen LogP contribution in [0.25, 0.3) is 5.57 Å². The standard InChI is InChI=1S/C23H26N2O3/c1-4-17-10-12-19(13-11-17)24-21-20(18-8-6-5-7-9-18)22(26)25(23(21)27)14-15-28-16(2)3/h5-13,16,24H,4,14-15H2,1-3H3. The molecule has 0 aliphatic carbocycles. The molecule has 1 aliphatic heterocycles. The lowest BCUT2D eigenvalue weighted by Gasteiger charge is -2.16. The van der Waals surface area contributed by atoms with E-state index >= 15 is 0 Å². The van der Waals surface area contributed by atoms with Gasteiger partial charge in [0.2, 0.25) is 0 Å². The molecule has 1 aliphatic rings.